The maximum absolute atomic E-state index is 5.45. The van der Waals surface area contributed by atoms with Crippen LogP contribution in [0.15, 0.2) is 24.3 Å². The third kappa shape index (κ3) is 5.62. The summed E-state index contributed by atoms with van der Waals surface area (Å²) >= 11 is 0. The minimum atomic E-state index is 0.542. The first-order valence-electron chi connectivity index (χ1n) is 8.51. The molecule has 0 unspecified atom stereocenters. The Balaban J connectivity index is 1.71. The highest BCUT2D eigenvalue weighted by atomic mass is 16.5. The van der Waals surface area contributed by atoms with Gasteiger partial charge in [-0.3, -0.25) is 0 Å². The Bertz CT molecular complexity index is 418. The lowest BCUT2D eigenvalue weighted by Crippen LogP contribution is -2.20. The molecular formula is C19H31NO2. The van der Waals surface area contributed by atoms with Crippen molar-refractivity contribution in [1.82, 2.24) is 0 Å². The van der Waals surface area contributed by atoms with Gasteiger partial charge in [0.15, 0.2) is 0 Å². The molecule has 124 valence electrons. The Kier molecular flexibility index (Phi) is 6.71. The zero-order chi connectivity index (χ0) is 15.8. The molecule has 1 aliphatic rings. The van der Waals surface area contributed by atoms with E-state index in [0.717, 1.165) is 12.5 Å². The Morgan fingerprint density at radius 2 is 1.73 bits per heavy atom. The molecule has 0 aliphatic heterocycles. The monoisotopic (exact) mass is 305 g/mol. The molecule has 1 aromatic rings. The third-order valence-corrected chi connectivity index (χ3v) is 4.73. The molecule has 3 heteroatoms. The molecule has 1 N–H and O–H groups in total. The number of hydrogen-bond acceptors (Lipinski definition) is 3. The maximum atomic E-state index is 5.45. The molecule has 0 spiro atoms. The van der Waals surface area contributed by atoms with Crippen LogP contribution >= 0.6 is 0 Å². The molecule has 0 atom stereocenters. The molecule has 0 aromatic heterocycles. The Morgan fingerprint density at radius 1 is 1.05 bits per heavy atom. The molecule has 0 heterocycles. The summed E-state index contributed by atoms with van der Waals surface area (Å²) in [6.07, 6.45) is 5.34. The Labute approximate surface area is 135 Å². The van der Waals surface area contributed by atoms with Gasteiger partial charge < -0.3 is 14.8 Å². The summed E-state index contributed by atoms with van der Waals surface area (Å²) in [5.41, 5.74) is 3.22. The van der Waals surface area contributed by atoms with Crippen LogP contribution in [0.1, 0.15) is 51.0 Å². The standard InChI is InChI=1S/C19H31NO2/c1-19(2)10-8-17(9-11-19)16-4-6-18(7-5-16)20-12-13-22-15-14-21-3/h4-7,17,20H,8-15H2,1-3H3. The number of ether oxygens (including phenoxy) is 2. The van der Waals surface area contributed by atoms with Gasteiger partial charge in [-0.25, -0.2) is 0 Å². The van der Waals surface area contributed by atoms with Crippen molar-refractivity contribution in [2.45, 2.75) is 45.4 Å². The normalized spacial score (nSPS) is 18.3. The van der Waals surface area contributed by atoms with E-state index in [-0.39, 0.29) is 0 Å². The highest BCUT2D eigenvalue weighted by molar-refractivity contribution is 5.45. The molecule has 0 radical (unpaired) electrons. The molecule has 0 amide bonds. The second-order valence-corrected chi connectivity index (χ2v) is 7.09. The van der Waals surface area contributed by atoms with Gasteiger partial charge >= 0.3 is 0 Å². The third-order valence-electron chi connectivity index (χ3n) is 4.73. The average molecular weight is 305 g/mol. The van der Waals surface area contributed by atoms with Gasteiger partial charge in [0.25, 0.3) is 0 Å². The lowest BCUT2D eigenvalue weighted by atomic mass is 9.71. The number of rotatable bonds is 8. The van der Waals surface area contributed by atoms with Crippen molar-refractivity contribution in [3.8, 4) is 0 Å². The van der Waals surface area contributed by atoms with Crippen LogP contribution in [0.2, 0.25) is 0 Å². The summed E-state index contributed by atoms with van der Waals surface area (Å²) in [4.78, 5) is 0. The molecule has 3 nitrogen and oxygen atoms in total. The van der Waals surface area contributed by atoms with Crippen molar-refractivity contribution >= 4 is 5.69 Å². The predicted molar refractivity (Wildman–Crippen MR) is 92.6 cm³/mol. The van der Waals surface area contributed by atoms with Crippen molar-refractivity contribution in [3.63, 3.8) is 0 Å². The van der Waals surface area contributed by atoms with Crippen LogP contribution in [-0.2, 0) is 9.47 Å². The number of nitrogens with one attached hydrogen (secondary N) is 1. The first-order valence-corrected chi connectivity index (χ1v) is 8.51. The molecule has 1 aliphatic carbocycles. The lowest BCUT2D eigenvalue weighted by Gasteiger charge is -2.34. The van der Waals surface area contributed by atoms with E-state index in [1.807, 2.05) is 0 Å². The zero-order valence-corrected chi connectivity index (χ0v) is 14.4. The highest BCUT2D eigenvalue weighted by Crippen LogP contribution is 2.42. The molecule has 2 rings (SSSR count). The second-order valence-electron chi connectivity index (χ2n) is 7.09. The maximum Gasteiger partial charge on any atom is 0.0701 e. The first-order chi connectivity index (χ1) is 10.6. The Hall–Kier alpha value is -1.06. The molecular weight excluding hydrogens is 274 g/mol. The van der Waals surface area contributed by atoms with Crippen LogP contribution in [0.3, 0.4) is 0 Å². The minimum absolute atomic E-state index is 0.542. The van der Waals surface area contributed by atoms with E-state index in [1.54, 1.807) is 7.11 Å². The topological polar surface area (TPSA) is 30.5 Å². The van der Waals surface area contributed by atoms with Crippen LogP contribution in [0.5, 0.6) is 0 Å². The SMILES string of the molecule is COCCOCCNc1ccc(C2CCC(C)(C)CC2)cc1. The van der Waals surface area contributed by atoms with E-state index in [1.165, 1.54) is 36.9 Å². The van der Waals surface area contributed by atoms with Crippen molar-refractivity contribution in [1.29, 1.82) is 0 Å². The fourth-order valence-corrected chi connectivity index (χ4v) is 3.12. The number of benzene rings is 1. The van der Waals surface area contributed by atoms with Gasteiger partial charge in [0.1, 0.15) is 0 Å². The van der Waals surface area contributed by atoms with Gasteiger partial charge in [0.05, 0.1) is 19.8 Å². The van der Waals surface area contributed by atoms with Crippen molar-refractivity contribution in [2.75, 3.05) is 38.8 Å². The molecule has 1 fully saturated rings. The summed E-state index contributed by atoms with van der Waals surface area (Å²) < 4.78 is 10.4. The van der Waals surface area contributed by atoms with E-state index < -0.39 is 0 Å². The van der Waals surface area contributed by atoms with E-state index >= 15 is 0 Å². The number of hydrogen-bond donors (Lipinski definition) is 1. The lowest BCUT2D eigenvalue weighted by molar-refractivity contribution is 0.0759. The van der Waals surface area contributed by atoms with Crippen molar-refractivity contribution in [2.24, 2.45) is 5.41 Å². The van der Waals surface area contributed by atoms with Crippen LogP contribution in [0.4, 0.5) is 5.69 Å². The number of methoxy groups -OCH3 is 1. The van der Waals surface area contributed by atoms with Crippen molar-refractivity contribution in [3.05, 3.63) is 29.8 Å². The molecule has 1 saturated carbocycles. The largest absolute Gasteiger partial charge is 0.383 e. The molecule has 0 bridgehead atoms. The Morgan fingerprint density at radius 3 is 2.36 bits per heavy atom. The van der Waals surface area contributed by atoms with E-state index in [4.69, 9.17) is 9.47 Å². The second kappa shape index (κ2) is 8.54. The summed E-state index contributed by atoms with van der Waals surface area (Å²) in [5.74, 6) is 0.749. The quantitative estimate of drug-likeness (QED) is 0.720. The first kappa shape index (κ1) is 17.3. The average Bonchev–Trinajstić information content (AvgIpc) is 2.51. The summed E-state index contributed by atoms with van der Waals surface area (Å²) in [7, 11) is 1.69. The van der Waals surface area contributed by atoms with Crippen LogP contribution in [0, 0.1) is 5.41 Å². The van der Waals surface area contributed by atoms with E-state index in [9.17, 15) is 0 Å². The van der Waals surface area contributed by atoms with Gasteiger partial charge in [0.2, 0.25) is 0 Å². The summed E-state index contributed by atoms with van der Waals surface area (Å²) in [6.45, 7) is 7.65. The van der Waals surface area contributed by atoms with Crippen LogP contribution in [-0.4, -0.2) is 33.5 Å². The fourth-order valence-electron chi connectivity index (χ4n) is 3.12. The molecule has 22 heavy (non-hydrogen) atoms. The summed E-state index contributed by atoms with van der Waals surface area (Å²) in [6, 6.07) is 8.97. The fraction of sp³-hybridized carbons (Fsp3) is 0.684. The minimum Gasteiger partial charge on any atom is -0.383 e. The van der Waals surface area contributed by atoms with Crippen LogP contribution in [0.25, 0.3) is 0 Å². The summed E-state index contributed by atoms with van der Waals surface area (Å²) in [5, 5.41) is 3.40. The van der Waals surface area contributed by atoms with Gasteiger partial charge in [-0.15, -0.1) is 0 Å². The number of anilines is 1. The van der Waals surface area contributed by atoms with Gasteiger partial charge in [-0.2, -0.15) is 0 Å². The smallest absolute Gasteiger partial charge is 0.0701 e. The molecule has 0 saturated heterocycles. The predicted octanol–water partition coefficient (Wildman–Crippen LogP) is 4.45. The van der Waals surface area contributed by atoms with Gasteiger partial charge in [-0.1, -0.05) is 26.0 Å². The van der Waals surface area contributed by atoms with E-state index in [0.29, 0.717) is 25.2 Å². The van der Waals surface area contributed by atoms with Gasteiger partial charge in [0, 0.05) is 19.3 Å². The van der Waals surface area contributed by atoms with Crippen molar-refractivity contribution < 1.29 is 9.47 Å². The molecule has 1 aromatic carbocycles. The highest BCUT2D eigenvalue weighted by Gasteiger charge is 2.27. The van der Waals surface area contributed by atoms with E-state index in [2.05, 4.69) is 43.4 Å². The zero-order valence-electron chi connectivity index (χ0n) is 14.4. The van der Waals surface area contributed by atoms with Gasteiger partial charge in [-0.05, 0) is 54.7 Å². The van der Waals surface area contributed by atoms with Crippen LogP contribution < -0.4 is 5.32 Å².